The third-order valence-electron chi connectivity index (χ3n) is 2.56. The van der Waals surface area contributed by atoms with E-state index in [4.69, 9.17) is 4.74 Å². The number of nitrogens with zero attached hydrogens (tertiary/aromatic N) is 1. The van der Waals surface area contributed by atoms with Crippen LogP contribution in [0, 0.1) is 0 Å². The molecule has 0 bridgehead atoms. The van der Waals surface area contributed by atoms with Gasteiger partial charge < -0.3 is 4.74 Å². The highest BCUT2D eigenvalue weighted by Gasteiger charge is 2.12. The van der Waals surface area contributed by atoms with Crippen LogP contribution in [0.1, 0.15) is 35.8 Å². The average Bonchev–Trinajstić information content (AvgIpc) is 2.70. The number of benzene rings is 1. The van der Waals surface area contributed by atoms with Crippen molar-refractivity contribution in [2.24, 2.45) is 0 Å². The lowest BCUT2D eigenvalue weighted by Gasteiger charge is -2.02. The molecule has 2 rings (SSSR count). The molecule has 16 heavy (non-hydrogen) atoms. The Morgan fingerprint density at radius 3 is 2.81 bits per heavy atom. The standard InChI is InChI=1S/C12H14N2O2/c1-7(2)11-9-6-8(12(15)16-3)4-5-10(9)13-14-11/h4-7H,1-3H3,(H,13,14). The van der Waals surface area contributed by atoms with Gasteiger partial charge in [-0.3, -0.25) is 5.10 Å². The van der Waals surface area contributed by atoms with Crippen molar-refractivity contribution in [3.05, 3.63) is 29.5 Å². The summed E-state index contributed by atoms with van der Waals surface area (Å²) in [6.45, 7) is 4.14. The molecule has 0 unspecified atom stereocenters. The van der Waals surface area contributed by atoms with E-state index in [1.807, 2.05) is 12.1 Å². The Morgan fingerprint density at radius 1 is 1.44 bits per heavy atom. The second kappa shape index (κ2) is 3.96. The number of ether oxygens (including phenoxy) is 1. The molecule has 0 fully saturated rings. The highest BCUT2D eigenvalue weighted by molar-refractivity contribution is 5.95. The molecule has 1 aromatic heterocycles. The quantitative estimate of drug-likeness (QED) is 0.788. The van der Waals surface area contributed by atoms with Gasteiger partial charge >= 0.3 is 5.97 Å². The van der Waals surface area contributed by atoms with Crippen LogP contribution in [-0.4, -0.2) is 23.3 Å². The minimum absolute atomic E-state index is 0.321. The number of carbonyl (C=O) groups is 1. The molecule has 4 nitrogen and oxygen atoms in total. The van der Waals surface area contributed by atoms with E-state index in [2.05, 4.69) is 24.0 Å². The Balaban J connectivity index is 2.58. The predicted octanol–water partition coefficient (Wildman–Crippen LogP) is 2.47. The van der Waals surface area contributed by atoms with Crippen molar-refractivity contribution in [2.45, 2.75) is 19.8 Å². The van der Waals surface area contributed by atoms with Gasteiger partial charge in [0.1, 0.15) is 0 Å². The molecule has 1 heterocycles. The number of nitrogens with one attached hydrogen (secondary N) is 1. The molecule has 0 radical (unpaired) electrons. The number of hydrogen-bond donors (Lipinski definition) is 1. The van der Waals surface area contributed by atoms with E-state index >= 15 is 0 Å². The van der Waals surface area contributed by atoms with Gasteiger partial charge in [-0.05, 0) is 24.1 Å². The van der Waals surface area contributed by atoms with Gasteiger partial charge in [-0.15, -0.1) is 0 Å². The van der Waals surface area contributed by atoms with Crippen LogP contribution in [0.4, 0.5) is 0 Å². The van der Waals surface area contributed by atoms with E-state index < -0.39 is 0 Å². The number of H-pyrrole nitrogens is 1. The van der Waals surface area contributed by atoms with Crippen LogP contribution in [0.25, 0.3) is 10.9 Å². The number of carbonyl (C=O) groups excluding carboxylic acids is 1. The lowest BCUT2D eigenvalue weighted by atomic mass is 10.0. The molecule has 0 spiro atoms. The van der Waals surface area contributed by atoms with Crippen molar-refractivity contribution >= 4 is 16.9 Å². The summed E-state index contributed by atoms with van der Waals surface area (Å²) in [6.07, 6.45) is 0. The number of methoxy groups -OCH3 is 1. The maximum atomic E-state index is 11.4. The van der Waals surface area contributed by atoms with Gasteiger partial charge in [0.2, 0.25) is 0 Å². The van der Waals surface area contributed by atoms with Crippen molar-refractivity contribution in [3.63, 3.8) is 0 Å². The summed E-state index contributed by atoms with van der Waals surface area (Å²) >= 11 is 0. The maximum Gasteiger partial charge on any atom is 0.337 e. The molecule has 4 heteroatoms. The Kier molecular flexibility index (Phi) is 2.64. The molecule has 1 aromatic carbocycles. The summed E-state index contributed by atoms with van der Waals surface area (Å²) in [5.74, 6) is -0.000506. The van der Waals surface area contributed by atoms with Crippen LogP contribution in [-0.2, 0) is 4.74 Å². The van der Waals surface area contributed by atoms with E-state index in [1.165, 1.54) is 7.11 Å². The summed E-state index contributed by atoms with van der Waals surface area (Å²) in [4.78, 5) is 11.4. The molecular formula is C12H14N2O2. The topological polar surface area (TPSA) is 55.0 Å². The van der Waals surface area contributed by atoms with Crippen molar-refractivity contribution in [1.29, 1.82) is 0 Å². The zero-order valence-corrected chi connectivity index (χ0v) is 9.57. The van der Waals surface area contributed by atoms with Crippen molar-refractivity contribution in [1.82, 2.24) is 10.2 Å². The average molecular weight is 218 g/mol. The lowest BCUT2D eigenvalue weighted by molar-refractivity contribution is 0.0601. The van der Waals surface area contributed by atoms with Gasteiger partial charge in [0.25, 0.3) is 0 Å². The number of aromatic nitrogens is 2. The Bertz CT molecular complexity index is 529. The van der Waals surface area contributed by atoms with Crippen LogP contribution >= 0.6 is 0 Å². The molecule has 0 aliphatic carbocycles. The van der Waals surface area contributed by atoms with Crippen LogP contribution in [0.3, 0.4) is 0 Å². The van der Waals surface area contributed by atoms with Gasteiger partial charge in [-0.2, -0.15) is 5.10 Å². The highest BCUT2D eigenvalue weighted by atomic mass is 16.5. The van der Waals surface area contributed by atoms with Crippen molar-refractivity contribution in [3.8, 4) is 0 Å². The van der Waals surface area contributed by atoms with Crippen LogP contribution in [0.5, 0.6) is 0 Å². The molecule has 0 atom stereocenters. The first-order valence-corrected chi connectivity index (χ1v) is 5.20. The van der Waals surface area contributed by atoms with E-state index in [0.717, 1.165) is 16.6 Å². The van der Waals surface area contributed by atoms with Gasteiger partial charge in [0, 0.05) is 5.39 Å². The summed E-state index contributed by atoms with van der Waals surface area (Å²) in [5.41, 5.74) is 2.47. The molecule has 1 N–H and O–H groups in total. The molecule has 0 aliphatic rings. The van der Waals surface area contributed by atoms with Crippen LogP contribution in [0.2, 0.25) is 0 Å². The largest absolute Gasteiger partial charge is 0.465 e. The van der Waals surface area contributed by atoms with E-state index in [9.17, 15) is 4.79 Å². The first-order valence-electron chi connectivity index (χ1n) is 5.20. The van der Waals surface area contributed by atoms with Crippen LogP contribution < -0.4 is 0 Å². The SMILES string of the molecule is COC(=O)c1ccc2[nH]nc(C(C)C)c2c1. The van der Waals surface area contributed by atoms with Crippen LogP contribution in [0.15, 0.2) is 18.2 Å². The van der Waals surface area contributed by atoms with Gasteiger partial charge in [-0.1, -0.05) is 13.8 Å². The normalized spacial score (nSPS) is 11.0. The maximum absolute atomic E-state index is 11.4. The van der Waals surface area contributed by atoms with Crippen molar-refractivity contribution < 1.29 is 9.53 Å². The molecule has 2 aromatic rings. The minimum Gasteiger partial charge on any atom is -0.465 e. The van der Waals surface area contributed by atoms with Gasteiger partial charge in [-0.25, -0.2) is 4.79 Å². The number of hydrogen-bond acceptors (Lipinski definition) is 3. The minimum atomic E-state index is -0.321. The van der Waals surface area contributed by atoms with Gasteiger partial charge in [0.05, 0.1) is 23.9 Å². The third kappa shape index (κ3) is 1.66. The lowest BCUT2D eigenvalue weighted by Crippen LogP contribution is -2.00. The number of aromatic amines is 1. The Morgan fingerprint density at radius 2 is 2.19 bits per heavy atom. The first kappa shape index (κ1) is 10.7. The fraction of sp³-hybridized carbons (Fsp3) is 0.333. The zero-order chi connectivity index (χ0) is 11.7. The van der Waals surface area contributed by atoms with E-state index in [0.29, 0.717) is 11.5 Å². The summed E-state index contributed by atoms with van der Waals surface area (Å²) in [6, 6.07) is 5.40. The third-order valence-corrected chi connectivity index (χ3v) is 2.56. The van der Waals surface area contributed by atoms with Gasteiger partial charge in [0.15, 0.2) is 0 Å². The number of esters is 1. The summed E-state index contributed by atoms with van der Waals surface area (Å²) < 4.78 is 4.69. The molecule has 0 saturated carbocycles. The Labute approximate surface area is 93.6 Å². The number of rotatable bonds is 2. The summed E-state index contributed by atoms with van der Waals surface area (Å²) in [7, 11) is 1.38. The van der Waals surface area contributed by atoms with Crippen molar-refractivity contribution in [2.75, 3.05) is 7.11 Å². The fourth-order valence-electron chi connectivity index (χ4n) is 1.72. The predicted molar refractivity (Wildman–Crippen MR) is 61.5 cm³/mol. The second-order valence-electron chi connectivity index (χ2n) is 4.02. The van der Waals surface area contributed by atoms with E-state index in [-0.39, 0.29) is 5.97 Å². The monoisotopic (exact) mass is 218 g/mol. The Hall–Kier alpha value is -1.84. The van der Waals surface area contributed by atoms with E-state index in [1.54, 1.807) is 6.07 Å². The summed E-state index contributed by atoms with van der Waals surface area (Å²) in [5, 5.41) is 8.18. The smallest absolute Gasteiger partial charge is 0.337 e. The molecule has 0 amide bonds. The highest BCUT2D eigenvalue weighted by Crippen LogP contribution is 2.23. The molecule has 0 saturated heterocycles. The number of fused-ring (bicyclic) bond motifs is 1. The first-order chi connectivity index (χ1) is 7.63. The molecule has 0 aliphatic heterocycles. The molecule has 84 valence electrons. The zero-order valence-electron chi connectivity index (χ0n) is 9.57. The fourth-order valence-corrected chi connectivity index (χ4v) is 1.72. The molecular weight excluding hydrogens is 204 g/mol. The second-order valence-corrected chi connectivity index (χ2v) is 4.02.